The van der Waals surface area contributed by atoms with E-state index in [-0.39, 0.29) is 0 Å². The normalized spacial score (nSPS) is 11.6. The molecule has 0 radical (unpaired) electrons. The molecule has 0 aliphatic rings. The molecule has 0 heterocycles. The fraction of sp³-hybridized carbons (Fsp3) is 0.188. The fourth-order valence-electron chi connectivity index (χ4n) is 1.61. The van der Waals surface area contributed by atoms with Gasteiger partial charge in [-0.2, -0.15) is 0 Å². The molecule has 0 fully saturated rings. The Hall–Kier alpha value is -2.01. The molecule has 0 aromatic heterocycles. The van der Waals surface area contributed by atoms with Crippen molar-refractivity contribution in [2.45, 2.75) is 13.0 Å². The summed E-state index contributed by atoms with van der Waals surface area (Å²) in [7, 11) is 1.59. The lowest BCUT2D eigenvalue weighted by molar-refractivity contribution is -0.141. The topological polar surface area (TPSA) is 44.8 Å². The number of benzene rings is 2. The molecule has 0 amide bonds. The minimum absolute atomic E-state index is 0.451. The van der Waals surface area contributed by atoms with Crippen molar-refractivity contribution in [3.05, 3.63) is 53.0 Å². The molecule has 1 atom stereocenters. The van der Waals surface area contributed by atoms with Crippen molar-refractivity contribution in [3.8, 4) is 17.2 Å². The van der Waals surface area contributed by atoms with Crippen molar-refractivity contribution in [1.29, 1.82) is 0 Å². The van der Waals surface area contributed by atoms with E-state index < -0.39 is 12.1 Å². The molecule has 2 aromatic rings. The quantitative estimate of drug-likeness (QED) is 0.607. The summed E-state index contributed by atoms with van der Waals surface area (Å²) in [6, 6.07) is 14.0. The zero-order valence-electron chi connectivity index (χ0n) is 11.7. The second kappa shape index (κ2) is 7.13. The van der Waals surface area contributed by atoms with Gasteiger partial charge in [-0.15, -0.1) is 0 Å². The van der Waals surface area contributed by atoms with Crippen LogP contribution in [0.25, 0.3) is 0 Å². The number of ether oxygens (including phenoxy) is 3. The van der Waals surface area contributed by atoms with Crippen molar-refractivity contribution in [3.63, 3.8) is 0 Å². The molecule has 2 rings (SSSR count). The number of hydrogen-bond acceptors (Lipinski definition) is 4. The lowest BCUT2D eigenvalue weighted by Crippen LogP contribution is -2.28. The van der Waals surface area contributed by atoms with E-state index in [4.69, 9.17) is 14.2 Å². The molecule has 0 aliphatic heterocycles. The van der Waals surface area contributed by atoms with Gasteiger partial charge in [0.25, 0.3) is 0 Å². The van der Waals surface area contributed by atoms with Crippen molar-refractivity contribution in [1.82, 2.24) is 0 Å². The maximum Gasteiger partial charge on any atom is 0.352 e. The second-order valence-corrected chi connectivity index (χ2v) is 5.23. The Labute approximate surface area is 131 Å². The SMILES string of the molecule is COc1ccc(OC(C)C(=O)Oc2ccc(Br)cc2)cc1. The Balaban J connectivity index is 1.93. The Kier molecular flexibility index (Phi) is 5.22. The molecular formula is C16H15BrO4. The average Bonchev–Trinajstić information content (AvgIpc) is 2.50. The third-order valence-corrected chi connectivity index (χ3v) is 3.26. The van der Waals surface area contributed by atoms with Crippen LogP contribution < -0.4 is 14.2 Å². The standard InChI is InChI=1S/C16H15BrO4/c1-11(20-14-9-7-13(19-2)8-10-14)16(18)21-15-5-3-12(17)4-6-15/h3-11H,1-2H3. The van der Waals surface area contributed by atoms with E-state index in [0.29, 0.717) is 11.5 Å². The number of carbonyl (C=O) groups excluding carboxylic acids is 1. The number of halogens is 1. The van der Waals surface area contributed by atoms with Gasteiger partial charge in [0, 0.05) is 4.47 Å². The fourth-order valence-corrected chi connectivity index (χ4v) is 1.87. The third-order valence-electron chi connectivity index (χ3n) is 2.74. The first kappa shape index (κ1) is 15.4. The number of hydrogen-bond donors (Lipinski definition) is 0. The van der Waals surface area contributed by atoms with E-state index >= 15 is 0 Å². The van der Waals surface area contributed by atoms with Gasteiger partial charge in [0.15, 0.2) is 6.10 Å². The average molecular weight is 351 g/mol. The molecule has 5 heteroatoms. The summed E-state index contributed by atoms with van der Waals surface area (Å²) in [5.74, 6) is 1.34. The summed E-state index contributed by atoms with van der Waals surface area (Å²) in [6.45, 7) is 1.64. The van der Waals surface area contributed by atoms with Crippen LogP contribution in [0.15, 0.2) is 53.0 Å². The van der Waals surface area contributed by atoms with E-state index in [1.54, 1.807) is 62.6 Å². The minimum atomic E-state index is -0.706. The van der Waals surface area contributed by atoms with Crippen LogP contribution in [0.1, 0.15) is 6.92 Å². The highest BCUT2D eigenvalue weighted by atomic mass is 79.9. The zero-order valence-corrected chi connectivity index (χ0v) is 13.3. The Morgan fingerprint density at radius 2 is 1.48 bits per heavy atom. The zero-order chi connectivity index (χ0) is 15.2. The molecule has 0 N–H and O–H groups in total. The molecule has 2 aromatic carbocycles. The minimum Gasteiger partial charge on any atom is -0.497 e. The smallest absolute Gasteiger partial charge is 0.352 e. The van der Waals surface area contributed by atoms with Crippen LogP contribution in [0, 0.1) is 0 Å². The Bertz CT molecular complexity index is 593. The molecule has 0 bridgehead atoms. The summed E-state index contributed by atoms with van der Waals surface area (Å²) < 4.78 is 16.8. The van der Waals surface area contributed by atoms with Gasteiger partial charge in [0.2, 0.25) is 0 Å². The number of methoxy groups -OCH3 is 1. The molecule has 4 nitrogen and oxygen atoms in total. The summed E-state index contributed by atoms with van der Waals surface area (Å²) in [6.07, 6.45) is -0.706. The van der Waals surface area contributed by atoms with E-state index in [2.05, 4.69) is 15.9 Å². The molecule has 21 heavy (non-hydrogen) atoms. The lowest BCUT2D eigenvalue weighted by Gasteiger charge is -2.14. The largest absolute Gasteiger partial charge is 0.497 e. The molecule has 0 spiro atoms. The first-order valence-corrected chi connectivity index (χ1v) is 7.16. The van der Waals surface area contributed by atoms with Gasteiger partial charge in [0.05, 0.1) is 7.11 Å². The molecular weight excluding hydrogens is 336 g/mol. The van der Waals surface area contributed by atoms with Crippen LogP contribution in [0.2, 0.25) is 0 Å². The second-order valence-electron chi connectivity index (χ2n) is 4.31. The predicted octanol–water partition coefficient (Wildman–Crippen LogP) is 3.83. The Morgan fingerprint density at radius 1 is 0.952 bits per heavy atom. The van der Waals surface area contributed by atoms with E-state index in [1.807, 2.05) is 0 Å². The van der Waals surface area contributed by atoms with Crippen LogP contribution in [0.5, 0.6) is 17.2 Å². The highest BCUT2D eigenvalue weighted by molar-refractivity contribution is 9.10. The summed E-state index contributed by atoms with van der Waals surface area (Å²) >= 11 is 3.32. The number of esters is 1. The number of rotatable bonds is 5. The summed E-state index contributed by atoms with van der Waals surface area (Å²) in [4.78, 5) is 11.9. The van der Waals surface area contributed by atoms with Crippen LogP contribution in [-0.4, -0.2) is 19.2 Å². The molecule has 1 unspecified atom stereocenters. The molecule has 0 saturated carbocycles. The maximum absolute atomic E-state index is 11.9. The van der Waals surface area contributed by atoms with Gasteiger partial charge in [-0.05, 0) is 55.5 Å². The van der Waals surface area contributed by atoms with Crippen LogP contribution in [0.3, 0.4) is 0 Å². The Morgan fingerprint density at radius 3 is 2.05 bits per heavy atom. The van der Waals surface area contributed by atoms with E-state index in [1.165, 1.54) is 0 Å². The van der Waals surface area contributed by atoms with Gasteiger partial charge in [-0.25, -0.2) is 4.79 Å². The monoisotopic (exact) mass is 350 g/mol. The first-order chi connectivity index (χ1) is 10.1. The molecule has 0 saturated heterocycles. The van der Waals surface area contributed by atoms with Gasteiger partial charge >= 0.3 is 5.97 Å². The first-order valence-electron chi connectivity index (χ1n) is 6.36. The van der Waals surface area contributed by atoms with Gasteiger partial charge < -0.3 is 14.2 Å². The summed E-state index contributed by atoms with van der Waals surface area (Å²) in [5, 5.41) is 0. The van der Waals surface area contributed by atoms with Crippen LogP contribution in [-0.2, 0) is 4.79 Å². The van der Waals surface area contributed by atoms with Crippen LogP contribution >= 0.6 is 15.9 Å². The predicted molar refractivity (Wildman–Crippen MR) is 82.9 cm³/mol. The van der Waals surface area contributed by atoms with E-state index in [9.17, 15) is 4.79 Å². The van der Waals surface area contributed by atoms with Crippen LogP contribution in [0.4, 0.5) is 0 Å². The van der Waals surface area contributed by atoms with Gasteiger partial charge in [-0.1, -0.05) is 15.9 Å². The highest BCUT2D eigenvalue weighted by Crippen LogP contribution is 2.20. The van der Waals surface area contributed by atoms with Gasteiger partial charge in [0.1, 0.15) is 17.2 Å². The van der Waals surface area contributed by atoms with E-state index in [0.717, 1.165) is 10.2 Å². The number of carbonyl (C=O) groups is 1. The van der Waals surface area contributed by atoms with Crippen molar-refractivity contribution in [2.75, 3.05) is 7.11 Å². The summed E-state index contributed by atoms with van der Waals surface area (Å²) in [5.41, 5.74) is 0. The third kappa shape index (κ3) is 4.49. The van der Waals surface area contributed by atoms with Crippen molar-refractivity contribution >= 4 is 21.9 Å². The molecule has 0 aliphatic carbocycles. The van der Waals surface area contributed by atoms with Gasteiger partial charge in [-0.3, -0.25) is 0 Å². The lowest BCUT2D eigenvalue weighted by atomic mass is 10.3. The van der Waals surface area contributed by atoms with Crippen molar-refractivity contribution in [2.24, 2.45) is 0 Å². The molecule has 110 valence electrons. The highest BCUT2D eigenvalue weighted by Gasteiger charge is 2.17. The maximum atomic E-state index is 11.9. The van der Waals surface area contributed by atoms with Crippen molar-refractivity contribution < 1.29 is 19.0 Å².